The number of hydrogen-bond acceptors (Lipinski definition) is 6. The number of hydrogen-bond donors (Lipinski definition) is 4. The summed E-state index contributed by atoms with van der Waals surface area (Å²) in [6.45, 7) is 10.1. The Morgan fingerprint density at radius 2 is 1.94 bits per heavy atom. The van der Waals surface area contributed by atoms with Crippen LogP contribution in [-0.4, -0.2) is 46.9 Å². The molecule has 0 bridgehead atoms. The van der Waals surface area contributed by atoms with E-state index in [1.807, 2.05) is 57.2 Å². The van der Waals surface area contributed by atoms with Gasteiger partial charge in [-0.1, -0.05) is 32.0 Å². The first-order valence-corrected chi connectivity index (χ1v) is 12.5. The first kappa shape index (κ1) is 27.1. The maximum atomic E-state index is 13.8. The molecule has 1 unspecified atom stereocenters. The number of nitrogens with one attached hydrogen (secondary N) is 3. The minimum Gasteiger partial charge on any atom is -0.384 e. The van der Waals surface area contributed by atoms with Crippen LogP contribution in [0, 0.1) is 5.92 Å². The summed E-state index contributed by atoms with van der Waals surface area (Å²) >= 11 is 0. The fourth-order valence-corrected chi connectivity index (χ4v) is 4.26. The average Bonchev–Trinajstić information content (AvgIpc) is 2.81. The van der Waals surface area contributed by atoms with Gasteiger partial charge in [0.25, 0.3) is 0 Å². The van der Waals surface area contributed by atoms with Crippen molar-refractivity contribution in [3.63, 3.8) is 0 Å². The fraction of sp³-hybridized carbons (Fsp3) is 0.481. The molecule has 1 aromatic carbocycles. The highest BCUT2D eigenvalue weighted by atomic mass is 16.2. The zero-order valence-electron chi connectivity index (χ0n) is 21.8. The molecule has 3 rings (SSSR count). The number of anilines is 2. The van der Waals surface area contributed by atoms with Crippen LogP contribution in [0.25, 0.3) is 0 Å². The molecule has 0 spiro atoms. The van der Waals surface area contributed by atoms with Gasteiger partial charge in [0.2, 0.25) is 17.7 Å². The minimum absolute atomic E-state index is 0.146. The van der Waals surface area contributed by atoms with E-state index in [4.69, 9.17) is 5.73 Å². The molecule has 194 valence electrons. The van der Waals surface area contributed by atoms with Gasteiger partial charge in [-0.2, -0.15) is 0 Å². The standard InChI is InChI=1S/C27H38N6O3/c1-6-29-20-12-9-10-18-15-22(25(35)33(23(18)20)16-19-11-7-8-13-30-19)31-24(34)21(14-17(2)3)32-26(36)27(4,5)28/h7-13,17,21-22,29H,6,14-16,28H2,1-5H3,(H,31,34)(H,32,36)/t21-,22?/m1/s1. The second-order valence-corrected chi connectivity index (χ2v) is 10.2. The molecule has 0 aliphatic carbocycles. The van der Waals surface area contributed by atoms with Gasteiger partial charge in [-0.3, -0.25) is 19.4 Å². The van der Waals surface area contributed by atoms with Gasteiger partial charge in [0, 0.05) is 19.2 Å². The van der Waals surface area contributed by atoms with Gasteiger partial charge in [0.1, 0.15) is 12.1 Å². The van der Waals surface area contributed by atoms with Gasteiger partial charge in [-0.25, -0.2) is 0 Å². The number of nitrogens with zero attached hydrogens (tertiary/aromatic N) is 2. The lowest BCUT2D eigenvalue weighted by Crippen LogP contribution is -2.59. The molecule has 36 heavy (non-hydrogen) atoms. The number of amides is 3. The van der Waals surface area contributed by atoms with E-state index in [1.54, 1.807) is 24.9 Å². The molecular weight excluding hydrogens is 456 g/mol. The highest BCUT2D eigenvalue weighted by Crippen LogP contribution is 2.36. The van der Waals surface area contributed by atoms with Crippen molar-refractivity contribution >= 4 is 29.1 Å². The molecule has 9 nitrogen and oxygen atoms in total. The summed E-state index contributed by atoms with van der Waals surface area (Å²) in [5.41, 5.74) is 8.15. The molecule has 9 heteroatoms. The largest absolute Gasteiger partial charge is 0.384 e. The summed E-state index contributed by atoms with van der Waals surface area (Å²) in [7, 11) is 0. The summed E-state index contributed by atoms with van der Waals surface area (Å²) in [6, 6.07) is 9.86. The molecule has 1 aliphatic heterocycles. The van der Waals surface area contributed by atoms with Gasteiger partial charge in [0.15, 0.2) is 0 Å². The van der Waals surface area contributed by atoms with E-state index in [-0.39, 0.29) is 18.4 Å². The topological polar surface area (TPSA) is 129 Å². The van der Waals surface area contributed by atoms with Crippen LogP contribution >= 0.6 is 0 Å². The van der Waals surface area contributed by atoms with Crippen LogP contribution in [0.5, 0.6) is 0 Å². The Morgan fingerprint density at radius 3 is 2.56 bits per heavy atom. The molecule has 2 atom stereocenters. The van der Waals surface area contributed by atoms with E-state index in [2.05, 4.69) is 20.9 Å². The Morgan fingerprint density at radius 1 is 1.19 bits per heavy atom. The van der Waals surface area contributed by atoms with Gasteiger partial charge in [-0.15, -0.1) is 0 Å². The summed E-state index contributed by atoms with van der Waals surface area (Å²) in [6.07, 6.45) is 2.47. The molecule has 1 aromatic heterocycles. The van der Waals surface area contributed by atoms with Crippen molar-refractivity contribution in [1.82, 2.24) is 15.6 Å². The molecule has 0 saturated heterocycles. The maximum Gasteiger partial charge on any atom is 0.250 e. The van der Waals surface area contributed by atoms with Gasteiger partial charge in [-0.05, 0) is 56.9 Å². The van der Waals surface area contributed by atoms with E-state index in [1.165, 1.54) is 0 Å². The Bertz CT molecular complexity index is 1080. The predicted octanol–water partition coefficient (Wildman–Crippen LogP) is 2.36. The number of fused-ring (bicyclic) bond motifs is 1. The van der Waals surface area contributed by atoms with E-state index in [0.717, 1.165) is 22.6 Å². The van der Waals surface area contributed by atoms with Crippen LogP contribution in [0.1, 0.15) is 52.3 Å². The van der Waals surface area contributed by atoms with Crippen molar-refractivity contribution in [2.45, 2.75) is 71.6 Å². The number of carbonyl (C=O) groups excluding carboxylic acids is 3. The lowest BCUT2D eigenvalue weighted by molar-refractivity contribution is -0.133. The Balaban J connectivity index is 1.90. The van der Waals surface area contributed by atoms with Crippen LogP contribution in [0.2, 0.25) is 0 Å². The number of aromatic nitrogens is 1. The van der Waals surface area contributed by atoms with E-state index < -0.39 is 29.4 Å². The molecule has 3 amide bonds. The second-order valence-electron chi connectivity index (χ2n) is 10.2. The number of nitrogens with two attached hydrogens (primary N) is 1. The third kappa shape index (κ3) is 6.60. The molecule has 1 aliphatic rings. The van der Waals surface area contributed by atoms with Crippen molar-refractivity contribution in [1.29, 1.82) is 0 Å². The SMILES string of the molecule is CCNc1cccc2c1N(Cc1ccccn1)C(=O)C(NC(=O)[C@@H](CC(C)C)NC(=O)C(C)(C)N)C2. The first-order chi connectivity index (χ1) is 17.0. The minimum atomic E-state index is -1.13. The summed E-state index contributed by atoms with van der Waals surface area (Å²) in [4.78, 5) is 45.7. The lowest BCUT2D eigenvalue weighted by atomic mass is 9.94. The van der Waals surface area contributed by atoms with Gasteiger partial charge < -0.3 is 26.6 Å². The van der Waals surface area contributed by atoms with Gasteiger partial charge in [0.05, 0.1) is 29.2 Å². The zero-order chi connectivity index (χ0) is 26.5. The number of carbonyl (C=O) groups is 3. The van der Waals surface area contributed by atoms with Crippen molar-refractivity contribution in [2.24, 2.45) is 11.7 Å². The van der Waals surface area contributed by atoms with E-state index >= 15 is 0 Å². The van der Waals surface area contributed by atoms with Crippen molar-refractivity contribution < 1.29 is 14.4 Å². The van der Waals surface area contributed by atoms with Gasteiger partial charge >= 0.3 is 0 Å². The zero-order valence-corrected chi connectivity index (χ0v) is 21.8. The monoisotopic (exact) mass is 494 g/mol. The van der Waals surface area contributed by atoms with Crippen LogP contribution in [0.4, 0.5) is 11.4 Å². The quantitative estimate of drug-likeness (QED) is 0.401. The van der Waals surface area contributed by atoms with E-state index in [9.17, 15) is 14.4 Å². The third-order valence-corrected chi connectivity index (χ3v) is 6.02. The second kappa shape index (κ2) is 11.5. The van der Waals surface area contributed by atoms with Crippen molar-refractivity contribution in [2.75, 3.05) is 16.8 Å². The highest BCUT2D eigenvalue weighted by Gasteiger charge is 2.37. The van der Waals surface area contributed by atoms with Crippen LogP contribution < -0.4 is 26.6 Å². The number of para-hydroxylation sites is 1. The smallest absolute Gasteiger partial charge is 0.250 e. The lowest BCUT2D eigenvalue weighted by Gasteiger charge is -2.36. The maximum absolute atomic E-state index is 13.8. The van der Waals surface area contributed by atoms with Crippen molar-refractivity contribution in [3.05, 3.63) is 53.9 Å². The van der Waals surface area contributed by atoms with Crippen molar-refractivity contribution in [3.8, 4) is 0 Å². The number of pyridine rings is 1. The molecular formula is C27H38N6O3. The molecule has 2 aromatic rings. The Hall–Kier alpha value is -3.46. The highest BCUT2D eigenvalue weighted by molar-refractivity contribution is 6.05. The van der Waals surface area contributed by atoms with Crippen LogP contribution in [0.3, 0.4) is 0 Å². The summed E-state index contributed by atoms with van der Waals surface area (Å²) in [5, 5.41) is 9.02. The summed E-state index contributed by atoms with van der Waals surface area (Å²) < 4.78 is 0. The average molecular weight is 495 g/mol. The predicted molar refractivity (Wildman–Crippen MR) is 141 cm³/mol. The molecule has 5 N–H and O–H groups in total. The third-order valence-electron chi connectivity index (χ3n) is 6.02. The first-order valence-electron chi connectivity index (χ1n) is 12.5. The molecule has 2 heterocycles. The number of rotatable bonds is 10. The molecule has 0 fully saturated rings. The Labute approximate surface area is 213 Å². The Kier molecular flexibility index (Phi) is 8.68. The van der Waals surface area contributed by atoms with Crippen LogP contribution in [0.15, 0.2) is 42.6 Å². The molecule has 0 radical (unpaired) electrons. The summed E-state index contributed by atoms with van der Waals surface area (Å²) in [5.74, 6) is -0.895. The van der Waals surface area contributed by atoms with Crippen LogP contribution in [-0.2, 0) is 27.3 Å². The molecule has 0 saturated carbocycles. The van der Waals surface area contributed by atoms with E-state index in [0.29, 0.717) is 19.4 Å². The fourth-order valence-electron chi connectivity index (χ4n) is 4.26. The number of benzene rings is 1. The normalized spacial score (nSPS) is 16.4.